The molecule has 0 fully saturated rings. The molecule has 3 nitrogen and oxygen atoms in total. The average molecular weight is 292 g/mol. The van der Waals surface area contributed by atoms with E-state index in [9.17, 15) is 8.78 Å². The van der Waals surface area contributed by atoms with Crippen molar-refractivity contribution in [1.82, 2.24) is 10.3 Å². The predicted octanol–water partition coefficient (Wildman–Crippen LogP) is 3.44. The topological polar surface area (TPSA) is 34.1 Å². The van der Waals surface area contributed by atoms with Crippen LogP contribution in [0.3, 0.4) is 0 Å². The number of benzene rings is 1. The second-order valence-corrected chi connectivity index (χ2v) is 4.73. The van der Waals surface area contributed by atoms with E-state index in [1.807, 2.05) is 6.07 Å². The van der Waals surface area contributed by atoms with E-state index in [2.05, 4.69) is 17.2 Å². The quantitative estimate of drug-likeness (QED) is 0.794. The molecule has 1 aromatic carbocycles. The molecule has 2 aromatic rings. The van der Waals surface area contributed by atoms with Crippen LogP contribution in [0.15, 0.2) is 36.5 Å². The van der Waals surface area contributed by atoms with Crippen molar-refractivity contribution in [3.05, 3.63) is 59.4 Å². The monoisotopic (exact) mass is 292 g/mol. The van der Waals surface area contributed by atoms with Gasteiger partial charge >= 0.3 is 0 Å². The maximum Gasteiger partial charge on any atom is 0.138 e. The Bertz CT molecular complexity index is 553. The Kier molecular flexibility index (Phi) is 5.63. The summed E-state index contributed by atoms with van der Waals surface area (Å²) < 4.78 is 31.5. The molecule has 112 valence electrons. The number of rotatable bonds is 7. The third-order valence-electron chi connectivity index (χ3n) is 2.86. The maximum atomic E-state index is 13.0. The number of nitrogens with zero attached hydrogens (tertiary/aromatic N) is 1. The summed E-state index contributed by atoms with van der Waals surface area (Å²) >= 11 is 0. The summed E-state index contributed by atoms with van der Waals surface area (Å²) in [6, 6.07) is 7.00. The summed E-state index contributed by atoms with van der Waals surface area (Å²) in [4.78, 5) is 4.26. The van der Waals surface area contributed by atoms with Gasteiger partial charge in [0.25, 0.3) is 0 Å². The molecule has 1 aromatic heterocycles. The van der Waals surface area contributed by atoms with Crippen molar-refractivity contribution < 1.29 is 13.5 Å². The fourth-order valence-corrected chi connectivity index (χ4v) is 1.86. The molecule has 0 spiro atoms. The number of hydrogen-bond donors (Lipinski definition) is 1. The molecule has 0 atom stereocenters. The highest BCUT2D eigenvalue weighted by atomic mass is 19.1. The first-order chi connectivity index (χ1) is 10.2. The van der Waals surface area contributed by atoms with Gasteiger partial charge in [0.05, 0.1) is 11.9 Å². The summed E-state index contributed by atoms with van der Waals surface area (Å²) in [5, 5.41) is 3.25. The van der Waals surface area contributed by atoms with Crippen molar-refractivity contribution >= 4 is 0 Å². The zero-order chi connectivity index (χ0) is 15.1. The Balaban J connectivity index is 1.88. The third kappa shape index (κ3) is 5.11. The lowest BCUT2D eigenvalue weighted by molar-refractivity contribution is 0.303. The van der Waals surface area contributed by atoms with Crippen molar-refractivity contribution in [1.29, 1.82) is 0 Å². The maximum absolute atomic E-state index is 13.0. The number of nitrogens with one attached hydrogen (secondary N) is 1. The van der Waals surface area contributed by atoms with Gasteiger partial charge in [0, 0.05) is 12.6 Å². The van der Waals surface area contributed by atoms with E-state index in [0.717, 1.165) is 24.7 Å². The van der Waals surface area contributed by atoms with Gasteiger partial charge in [0.1, 0.15) is 24.0 Å². The van der Waals surface area contributed by atoms with Crippen LogP contribution in [0.2, 0.25) is 0 Å². The van der Waals surface area contributed by atoms with E-state index in [1.54, 1.807) is 12.3 Å². The van der Waals surface area contributed by atoms with Crippen LogP contribution in [0.25, 0.3) is 0 Å². The van der Waals surface area contributed by atoms with E-state index in [4.69, 9.17) is 4.74 Å². The highest BCUT2D eigenvalue weighted by molar-refractivity contribution is 5.22. The molecule has 0 saturated heterocycles. The van der Waals surface area contributed by atoms with Gasteiger partial charge in [-0.1, -0.05) is 6.92 Å². The van der Waals surface area contributed by atoms with Crippen LogP contribution in [0.1, 0.15) is 24.6 Å². The van der Waals surface area contributed by atoms with Crippen LogP contribution in [0.5, 0.6) is 5.75 Å². The SMILES string of the molecule is CCCNCc1ccc(OCc2cc(F)cc(F)c2)cn1. The molecule has 5 heteroatoms. The van der Waals surface area contributed by atoms with Gasteiger partial charge < -0.3 is 10.1 Å². The number of hydrogen-bond acceptors (Lipinski definition) is 3. The number of aromatic nitrogens is 1. The smallest absolute Gasteiger partial charge is 0.138 e. The molecule has 0 unspecified atom stereocenters. The molecular formula is C16H18F2N2O. The fraction of sp³-hybridized carbons (Fsp3) is 0.312. The van der Waals surface area contributed by atoms with Crippen LogP contribution >= 0.6 is 0 Å². The summed E-state index contributed by atoms with van der Waals surface area (Å²) in [6.07, 6.45) is 2.68. The first-order valence-electron chi connectivity index (χ1n) is 6.91. The van der Waals surface area contributed by atoms with Crippen molar-refractivity contribution in [2.24, 2.45) is 0 Å². The molecule has 0 radical (unpaired) electrons. The lowest BCUT2D eigenvalue weighted by Crippen LogP contribution is -2.14. The molecule has 0 bridgehead atoms. The number of ether oxygens (including phenoxy) is 1. The minimum Gasteiger partial charge on any atom is -0.487 e. The van der Waals surface area contributed by atoms with Gasteiger partial charge in [0.2, 0.25) is 0 Å². The predicted molar refractivity (Wildman–Crippen MR) is 76.9 cm³/mol. The minimum absolute atomic E-state index is 0.101. The molecule has 0 aliphatic rings. The standard InChI is InChI=1S/C16H18F2N2O/c1-2-5-19-9-15-3-4-16(10-20-15)21-11-12-6-13(17)8-14(18)7-12/h3-4,6-8,10,19H,2,5,9,11H2,1H3. The van der Waals surface area contributed by atoms with Crippen LogP contribution in [0, 0.1) is 11.6 Å². The van der Waals surface area contributed by atoms with Crippen molar-refractivity contribution in [3.63, 3.8) is 0 Å². The highest BCUT2D eigenvalue weighted by Crippen LogP contribution is 2.14. The Morgan fingerprint density at radius 2 is 1.90 bits per heavy atom. The van der Waals surface area contributed by atoms with Gasteiger partial charge in [-0.05, 0) is 42.8 Å². The fourth-order valence-electron chi connectivity index (χ4n) is 1.86. The second-order valence-electron chi connectivity index (χ2n) is 4.73. The normalized spacial score (nSPS) is 10.6. The second kappa shape index (κ2) is 7.69. The molecular weight excluding hydrogens is 274 g/mol. The first kappa shape index (κ1) is 15.4. The molecule has 0 amide bonds. The van der Waals surface area contributed by atoms with E-state index in [1.165, 1.54) is 12.1 Å². The van der Waals surface area contributed by atoms with Crippen LogP contribution in [-0.2, 0) is 13.2 Å². The van der Waals surface area contributed by atoms with E-state index < -0.39 is 11.6 Å². The lowest BCUT2D eigenvalue weighted by atomic mass is 10.2. The van der Waals surface area contributed by atoms with Crippen molar-refractivity contribution in [2.45, 2.75) is 26.5 Å². The molecule has 0 saturated carbocycles. The van der Waals surface area contributed by atoms with Crippen LogP contribution < -0.4 is 10.1 Å². The Morgan fingerprint density at radius 1 is 1.14 bits per heavy atom. The Hall–Kier alpha value is -2.01. The zero-order valence-electron chi connectivity index (χ0n) is 11.9. The third-order valence-corrected chi connectivity index (χ3v) is 2.86. The van der Waals surface area contributed by atoms with Gasteiger partial charge in [0.15, 0.2) is 0 Å². The summed E-state index contributed by atoms with van der Waals surface area (Å²) in [7, 11) is 0. The average Bonchev–Trinajstić information content (AvgIpc) is 2.46. The van der Waals surface area contributed by atoms with Crippen molar-refractivity contribution in [2.75, 3.05) is 6.54 Å². The minimum atomic E-state index is -0.607. The van der Waals surface area contributed by atoms with E-state index >= 15 is 0 Å². The largest absolute Gasteiger partial charge is 0.487 e. The van der Waals surface area contributed by atoms with E-state index in [0.29, 0.717) is 17.9 Å². The van der Waals surface area contributed by atoms with Crippen LogP contribution in [-0.4, -0.2) is 11.5 Å². The summed E-state index contributed by atoms with van der Waals surface area (Å²) in [5.41, 5.74) is 1.37. The molecule has 0 aliphatic heterocycles. The highest BCUT2D eigenvalue weighted by Gasteiger charge is 2.02. The molecule has 1 N–H and O–H groups in total. The van der Waals surface area contributed by atoms with Crippen LogP contribution in [0.4, 0.5) is 8.78 Å². The van der Waals surface area contributed by atoms with Gasteiger partial charge in [-0.3, -0.25) is 4.98 Å². The number of pyridine rings is 1. The van der Waals surface area contributed by atoms with Gasteiger partial charge in [-0.25, -0.2) is 8.78 Å². The Labute approximate surface area is 123 Å². The van der Waals surface area contributed by atoms with Gasteiger partial charge in [-0.15, -0.1) is 0 Å². The van der Waals surface area contributed by atoms with E-state index in [-0.39, 0.29) is 6.61 Å². The van der Waals surface area contributed by atoms with Crippen molar-refractivity contribution in [3.8, 4) is 5.75 Å². The molecule has 1 heterocycles. The molecule has 0 aliphatic carbocycles. The molecule has 2 rings (SSSR count). The summed E-state index contributed by atoms with van der Waals surface area (Å²) in [5.74, 6) is -0.646. The summed E-state index contributed by atoms with van der Waals surface area (Å²) in [6.45, 7) is 3.87. The Morgan fingerprint density at radius 3 is 2.52 bits per heavy atom. The number of halogens is 2. The first-order valence-corrected chi connectivity index (χ1v) is 6.91. The van der Waals surface area contributed by atoms with Gasteiger partial charge in [-0.2, -0.15) is 0 Å². The zero-order valence-corrected chi connectivity index (χ0v) is 11.9. The lowest BCUT2D eigenvalue weighted by Gasteiger charge is -2.07. The molecule has 21 heavy (non-hydrogen) atoms.